The maximum absolute atomic E-state index is 13.0. The van der Waals surface area contributed by atoms with Crippen molar-refractivity contribution in [3.8, 4) is 11.3 Å². The fourth-order valence-electron chi connectivity index (χ4n) is 3.16. The number of unbranched alkanes of at least 4 members (excludes halogenated alkanes) is 1. The van der Waals surface area contributed by atoms with Gasteiger partial charge in [0.25, 0.3) is 10.0 Å². The van der Waals surface area contributed by atoms with Gasteiger partial charge in [-0.25, -0.2) is 0 Å². The highest BCUT2D eigenvalue weighted by molar-refractivity contribution is 7.89. The first-order valence-electron chi connectivity index (χ1n) is 9.34. The summed E-state index contributed by atoms with van der Waals surface area (Å²) in [6.45, 7) is 2.17. The maximum atomic E-state index is 13.0. The van der Waals surface area contributed by atoms with Crippen molar-refractivity contribution in [2.24, 2.45) is 0 Å². The van der Waals surface area contributed by atoms with Gasteiger partial charge in [0.1, 0.15) is 5.69 Å². The van der Waals surface area contributed by atoms with E-state index in [0.29, 0.717) is 5.69 Å². The number of fused-ring (bicyclic) bond motifs is 1. The molecule has 0 unspecified atom stereocenters. The van der Waals surface area contributed by atoms with Crippen molar-refractivity contribution >= 4 is 20.8 Å². The van der Waals surface area contributed by atoms with E-state index in [0.717, 1.165) is 39.7 Å². The Morgan fingerprint density at radius 2 is 1.68 bits per heavy atom. The average molecular weight is 391 g/mol. The van der Waals surface area contributed by atoms with Crippen LogP contribution in [0.2, 0.25) is 0 Å². The molecule has 3 aromatic carbocycles. The van der Waals surface area contributed by atoms with E-state index in [1.54, 1.807) is 18.2 Å². The number of hydrogen-bond donors (Lipinski definition) is 0. The van der Waals surface area contributed by atoms with E-state index in [9.17, 15) is 8.42 Å². The summed E-state index contributed by atoms with van der Waals surface area (Å²) in [5, 5.41) is 9.79. The normalized spacial score (nSPS) is 11.8. The first-order chi connectivity index (χ1) is 13.6. The molecule has 0 spiro atoms. The second kappa shape index (κ2) is 7.56. The van der Waals surface area contributed by atoms with Crippen LogP contribution in [0.5, 0.6) is 0 Å². The van der Waals surface area contributed by atoms with Crippen molar-refractivity contribution < 1.29 is 8.42 Å². The minimum Gasteiger partial charge on any atom is -0.199 e. The molecule has 4 aromatic rings. The fourth-order valence-corrected chi connectivity index (χ4v) is 4.26. The van der Waals surface area contributed by atoms with Gasteiger partial charge in [0.05, 0.1) is 11.1 Å². The van der Waals surface area contributed by atoms with Gasteiger partial charge in [0, 0.05) is 5.56 Å². The number of aromatic nitrogens is 3. The molecule has 0 saturated heterocycles. The van der Waals surface area contributed by atoms with Crippen LogP contribution in [0.3, 0.4) is 0 Å². The van der Waals surface area contributed by atoms with Crippen LogP contribution < -0.4 is 0 Å². The smallest absolute Gasteiger partial charge is 0.199 e. The molecule has 1 heterocycles. The lowest BCUT2D eigenvalue weighted by molar-refractivity contribution is 0.577. The van der Waals surface area contributed by atoms with Crippen LogP contribution in [0.4, 0.5) is 0 Å². The van der Waals surface area contributed by atoms with E-state index in [4.69, 9.17) is 0 Å². The number of nitrogens with zero attached hydrogens (tertiary/aromatic N) is 3. The molecular formula is C22H21N3O2S. The molecule has 4 rings (SSSR count). The lowest BCUT2D eigenvalue weighted by Gasteiger charge is -2.05. The number of aryl methyl sites for hydroxylation is 1. The highest BCUT2D eigenvalue weighted by Crippen LogP contribution is 2.23. The molecular weight excluding hydrogens is 370 g/mol. The molecule has 0 atom stereocenters. The molecule has 28 heavy (non-hydrogen) atoms. The summed E-state index contributed by atoms with van der Waals surface area (Å²) in [6, 6.07) is 20.7. The Labute approximate surface area is 164 Å². The van der Waals surface area contributed by atoms with Gasteiger partial charge in [-0.3, -0.25) is 0 Å². The molecule has 0 aliphatic rings. The van der Waals surface area contributed by atoms with E-state index in [2.05, 4.69) is 29.4 Å². The maximum Gasteiger partial charge on any atom is 0.284 e. The van der Waals surface area contributed by atoms with E-state index in [1.807, 2.05) is 36.4 Å². The molecule has 0 aliphatic heterocycles. The van der Waals surface area contributed by atoms with E-state index in [1.165, 1.54) is 11.8 Å². The molecule has 0 fully saturated rings. The zero-order chi connectivity index (χ0) is 19.6. The van der Waals surface area contributed by atoms with Gasteiger partial charge in [0.15, 0.2) is 0 Å². The Bertz CT molecular complexity index is 1210. The Balaban J connectivity index is 1.63. The second-order valence-electron chi connectivity index (χ2n) is 6.79. The topological polar surface area (TPSA) is 64.8 Å². The van der Waals surface area contributed by atoms with Crippen molar-refractivity contribution in [1.82, 2.24) is 14.4 Å². The van der Waals surface area contributed by atoms with Gasteiger partial charge in [0.2, 0.25) is 0 Å². The lowest BCUT2D eigenvalue weighted by Crippen LogP contribution is -2.13. The molecule has 0 bridgehead atoms. The highest BCUT2D eigenvalue weighted by Gasteiger charge is 2.20. The number of rotatable bonds is 6. The zero-order valence-electron chi connectivity index (χ0n) is 15.6. The van der Waals surface area contributed by atoms with Crippen molar-refractivity contribution in [1.29, 1.82) is 0 Å². The monoisotopic (exact) mass is 391 g/mol. The highest BCUT2D eigenvalue weighted by atomic mass is 32.2. The summed E-state index contributed by atoms with van der Waals surface area (Å²) in [7, 11) is -3.79. The summed E-state index contributed by atoms with van der Waals surface area (Å²) in [4.78, 5) is 0.192. The Kier molecular flexibility index (Phi) is 4.96. The summed E-state index contributed by atoms with van der Waals surface area (Å²) >= 11 is 0. The predicted molar refractivity (Wildman–Crippen MR) is 111 cm³/mol. The molecule has 0 amide bonds. The second-order valence-corrected chi connectivity index (χ2v) is 8.59. The van der Waals surface area contributed by atoms with E-state index >= 15 is 0 Å². The van der Waals surface area contributed by atoms with Crippen LogP contribution in [0.1, 0.15) is 25.3 Å². The van der Waals surface area contributed by atoms with Gasteiger partial charge in [-0.05, 0) is 41.3 Å². The molecule has 1 aromatic heterocycles. The van der Waals surface area contributed by atoms with Crippen LogP contribution in [0.25, 0.3) is 22.0 Å². The molecule has 0 saturated carbocycles. The first kappa shape index (κ1) is 18.4. The van der Waals surface area contributed by atoms with Crippen LogP contribution in [-0.2, 0) is 16.4 Å². The van der Waals surface area contributed by atoms with Crippen LogP contribution in [0, 0.1) is 0 Å². The quantitative estimate of drug-likeness (QED) is 0.479. The van der Waals surface area contributed by atoms with Gasteiger partial charge in [-0.2, -0.15) is 8.42 Å². The Morgan fingerprint density at radius 3 is 2.43 bits per heavy atom. The third-order valence-corrected chi connectivity index (χ3v) is 6.33. The third kappa shape index (κ3) is 3.55. The fraction of sp³-hybridized carbons (Fsp3) is 0.182. The lowest BCUT2D eigenvalue weighted by atomic mass is 10.1. The molecule has 142 valence electrons. The molecule has 5 nitrogen and oxygen atoms in total. The summed E-state index contributed by atoms with van der Waals surface area (Å²) in [5.41, 5.74) is 2.65. The van der Waals surface area contributed by atoms with Crippen molar-refractivity contribution in [2.75, 3.05) is 0 Å². The minimum absolute atomic E-state index is 0.192. The molecule has 0 N–H and O–H groups in total. The third-order valence-electron chi connectivity index (χ3n) is 4.81. The van der Waals surface area contributed by atoms with Crippen LogP contribution >= 0.6 is 0 Å². The number of hydrogen-bond acceptors (Lipinski definition) is 4. The van der Waals surface area contributed by atoms with Crippen molar-refractivity contribution in [2.45, 2.75) is 31.1 Å². The zero-order valence-corrected chi connectivity index (χ0v) is 16.4. The summed E-state index contributed by atoms with van der Waals surface area (Å²) in [5.74, 6) is 0. The standard InChI is InChI=1S/C22H21N3O2S/c1-2-3-6-17-9-11-19(12-10-17)22-16-25(24-23-22)28(26,27)21-14-13-18-7-4-5-8-20(18)15-21/h4-5,7-16H,2-3,6H2,1H3. The minimum atomic E-state index is -3.79. The van der Waals surface area contributed by atoms with Gasteiger partial charge >= 0.3 is 0 Å². The molecule has 0 aliphatic carbocycles. The van der Waals surface area contributed by atoms with E-state index in [-0.39, 0.29) is 4.90 Å². The van der Waals surface area contributed by atoms with Crippen LogP contribution in [0.15, 0.2) is 77.8 Å². The Hall–Kier alpha value is -2.99. The van der Waals surface area contributed by atoms with Crippen molar-refractivity contribution in [3.63, 3.8) is 0 Å². The van der Waals surface area contributed by atoms with Crippen LogP contribution in [-0.4, -0.2) is 22.8 Å². The summed E-state index contributed by atoms with van der Waals surface area (Å²) in [6.07, 6.45) is 4.81. The summed E-state index contributed by atoms with van der Waals surface area (Å²) < 4.78 is 26.9. The van der Waals surface area contributed by atoms with Gasteiger partial charge < -0.3 is 0 Å². The Morgan fingerprint density at radius 1 is 0.929 bits per heavy atom. The predicted octanol–water partition coefficient (Wildman–Crippen LogP) is 4.68. The SMILES string of the molecule is CCCCc1ccc(-c2cn(S(=O)(=O)c3ccc4ccccc4c3)nn2)cc1. The van der Waals surface area contributed by atoms with Crippen molar-refractivity contribution in [3.05, 3.63) is 78.5 Å². The van der Waals surface area contributed by atoms with Gasteiger partial charge in [-0.15, -0.1) is 9.19 Å². The largest absolute Gasteiger partial charge is 0.284 e. The van der Waals surface area contributed by atoms with E-state index < -0.39 is 10.0 Å². The molecule has 0 radical (unpaired) electrons. The van der Waals surface area contributed by atoms with Gasteiger partial charge in [-0.1, -0.05) is 73.2 Å². The first-order valence-corrected chi connectivity index (χ1v) is 10.8. The number of benzene rings is 3. The average Bonchev–Trinajstić information content (AvgIpc) is 3.23. The molecule has 6 heteroatoms.